The number of pyridine rings is 1. The van der Waals surface area contributed by atoms with Crippen molar-refractivity contribution >= 4 is 33.1 Å². The smallest absolute Gasteiger partial charge is 0.185 e. The van der Waals surface area contributed by atoms with Gasteiger partial charge in [-0.1, -0.05) is 29.8 Å². The number of aromatic nitrogens is 1. The van der Waals surface area contributed by atoms with E-state index in [0.717, 1.165) is 29.5 Å². The minimum absolute atomic E-state index is 0.0726. The average molecular weight is 446 g/mol. The summed E-state index contributed by atoms with van der Waals surface area (Å²) in [5.74, 6) is -0.0538. The number of carbonyl (C=O) groups excluding carboxylic acids is 1. The molecule has 2 N–H and O–H groups in total. The summed E-state index contributed by atoms with van der Waals surface area (Å²) in [6.45, 7) is 3.21. The number of ketones is 1. The highest BCUT2D eigenvalue weighted by atomic mass is 35.5. The third-order valence-corrected chi connectivity index (χ3v) is 9.09. The first kappa shape index (κ1) is 21.0. The summed E-state index contributed by atoms with van der Waals surface area (Å²) in [4.78, 5) is 21.5. The Morgan fingerprint density at radius 2 is 2.00 bits per heavy atom. The van der Waals surface area contributed by atoms with E-state index in [9.17, 15) is 13.2 Å². The van der Waals surface area contributed by atoms with Gasteiger partial charge < -0.3 is 5.73 Å². The number of nitrogens with two attached hydrogens (primary N) is 1. The van der Waals surface area contributed by atoms with Crippen molar-refractivity contribution in [3.63, 3.8) is 0 Å². The molecule has 30 heavy (non-hydrogen) atoms. The van der Waals surface area contributed by atoms with Crippen LogP contribution in [0.15, 0.2) is 41.5 Å². The first-order valence-corrected chi connectivity index (χ1v) is 11.9. The topological polar surface area (TPSA) is 102 Å². The van der Waals surface area contributed by atoms with Gasteiger partial charge in [-0.05, 0) is 61.9 Å². The van der Waals surface area contributed by atoms with Crippen LogP contribution >= 0.6 is 11.6 Å². The highest BCUT2D eigenvalue weighted by Crippen LogP contribution is 2.44. The van der Waals surface area contributed by atoms with Crippen molar-refractivity contribution in [3.8, 4) is 0 Å². The number of nitrogens with zero attached hydrogens (tertiary/aromatic N) is 2. The number of rotatable bonds is 3. The van der Waals surface area contributed by atoms with Crippen LogP contribution in [0.1, 0.15) is 53.9 Å². The van der Waals surface area contributed by atoms with Crippen LogP contribution in [-0.2, 0) is 28.2 Å². The van der Waals surface area contributed by atoms with Crippen LogP contribution in [0.2, 0.25) is 5.02 Å². The Morgan fingerprint density at radius 1 is 1.23 bits per heavy atom. The molecule has 0 bridgehead atoms. The molecule has 0 saturated heterocycles. The summed E-state index contributed by atoms with van der Waals surface area (Å²) in [6, 6.07) is 9.06. The number of aryl methyl sites for hydroxylation is 1. The fraction of sp³-hybridized carbons (Fsp3) is 0.409. The second-order valence-electron chi connectivity index (χ2n) is 8.60. The number of halogens is 1. The van der Waals surface area contributed by atoms with Crippen molar-refractivity contribution in [2.24, 2.45) is 10.7 Å². The van der Waals surface area contributed by atoms with Crippen molar-refractivity contribution < 1.29 is 13.2 Å². The van der Waals surface area contributed by atoms with E-state index in [2.05, 4.69) is 4.98 Å². The minimum Gasteiger partial charge on any atom is -0.386 e. The van der Waals surface area contributed by atoms with Crippen molar-refractivity contribution in [2.75, 3.05) is 5.75 Å². The average Bonchev–Trinajstić information content (AvgIpc) is 2.67. The van der Waals surface area contributed by atoms with Gasteiger partial charge in [0.15, 0.2) is 15.6 Å². The maximum Gasteiger partial charge on any atom is 0.185 e. The summed E-state index contributed by atoms with van der Waals surface area (Å²) in [5, 5.41) is 0.471. The lowest BCUT2D eigenvalue weighted by atomic mass is 9.76. The predicted molar refractivity (Wildman–Crippen MR) is 118 cm³/mol. The summed E-state index contributed by atoms with van der Waals surface area (Å²) in [6.07, 6.45) is 3.92. The molecule has 1 aromatic carbocycles. The third kappa shape index (κ3) is 3.44. The van der Waals surface area contributed by atoms with Gasteiger partial charge in [-0.25, -0.2) is 8.42 Å². The molecule has 1 spiro atoms. The molecular weight excluding hydrogens is 422 g/mol. The van der Waals surface area contributed by atoms with Gasteiger partial charge in [-0.2, -0.15) is 0 Å². The second kappa shape index (κ2) is 7.17. The summed E-state index contributed by atoms with van der Waals surface area (Å²) < 4.78 is 24.9. The number of carbonyl (C=O) groups is 1. The Balaban J connectivity index is 1.73. The Bertz CT molecular complexity index is 1160. The lowest BCUT2D eigenvalue weighted by molar-refractivity contribution is 0.0988. The highest BCUT2D eigenvalue weighted by Gasteiger charge is 2.51. The van der Waals surface area contributed by atoms with Gasteiger partial charge in [0.05, 0.1) is 10.8 Å². The van der Waals surface area contributed by atoms with Gasteiger partial charge in [0.1, 0.15) is 21.8 Å². The molecule has 8 heteroatoms. The zero-order chi connectivity index (χ0) is 21.7. The molecule has 0 radical (unpaired) electrons. The van der Waals surface area contributed by atoms with E-state index in [1.807, 2.05) is 18.2 Å². The van der Waals surface area contributed by atoms with Crippen molar-refractivity contribution in [1.29, 1.82) is 0 Å². The summed E-state index contributed by atoms with van der Waals surface area (Å²) in [5.41, 5.74) is 8.34. The van der Waals surface area contributed by atoms with Crippen LogP contribution in [-0.4, -0.2) is 35.5 Å². The normalized spacial score (nSPS) is 24.2. The van der Waals surface area contributed by atoms with Gasteiger partial charge in [0.25, 0.3) is 0 Å². The zero-order valence-electron chi connectivity index (χ0n) is 17.0. The third-order valence-electron chi connectivity index (χ3n) is 6.25. The first-order valence-electron chi connectivity index (χ1n) is 9.89. The van der Waals surface area contributed by atoms with E-state index in [-0.39, 0.29) is 23.8 Å². The Morgan fingerprint density at radius 3 is 2.67 bits per heavy atom. The van der Waals surface area contributed by atoms with Crippen LogP contribution in [0, 0.1) is 0 Å². The highest BCUT2D eigenvalue weighted by molar-refractivity contribution is 7.93. The molecule has 0 saturated carbocycles. The second-order valence-corrected chi connectivity index (χ2v) is 11.6. The SMILES string of the molecule is CC1(C)C(N)=N[C@@]2(CCCc3ccc(CC(=O)c4ccc(Cl)cn4)cc32)CS1(=O)=O. The monoisotopic (exact) mass is 445 g/mol. The largest absolute Gasteiger partial charge is 0.386 e. The van der Waals surface area contributed by atoms with Crippen LogP contribution < -0.4 is 5.73 Å². The Hall–Kier alpha value is -2.25. The molecule has 4 rings (SSSR count). The molecule has 2 aliphatic rings. The van der Waals surface area contributed by atoms with Crippen LogP contribution in [0.25, 0.3) is 0 Å². The molecule has 6 nitrogen and oxygen atoms in total. The number of aliphatic imine (C=N–C) groups is 1. The van der Waals surface area contributed by atoms with E-state index in [1.165, 1.54) is 6.20 Å². The zero-order valence-corrected chi connectivity index (χ0v) is 18.6. The first-order chi connectivity index (χ1) is 14.0. The van der Waals surface area contributed by atoms with Crippen LogP contribution in [0.5, 0.6) is 0 Å². The lowest BCUT2D eigenvalue weighted by Crippen LogP contribution is -2.56. The molecule has 0 unspecified atom stereocenters. The maximum atomic E-state index is 13.0. The molecule has 0 amide bonds. The number of hydrogen-bond acceptors (Lipinski definition) is 6. The number of hydrogen-bond donors (Lipinski definition) is 1. The maximum absolute atomic E-state index is 13.0. The molecule has 2 heterocycles. The lowest BCUT2D eigenvalue weighted by Gasteiger charge is -2.43. The fourth-order valence-electron chi connectivity index (χ4n) is 4.23. The number of amidine groups is 1. The van der Waals surface area contributed by atoms with E-state index in [0.29, 0.717) is 17.1 Å². The minimum atomic E-state index is -3.49. The molecule has 1 aliphatic carbocycles. The molecular formula is C22H24ClN3O3S. The van der Waals surface area contributed by atoms with Gasteiger partial charge in [-0.15, -0.1) is 0 Å². The summed E-state index contributed by atoms with van der Waals surface area (Å²) >= 11 is 5.85. The standard InChI is InChI=1S/C22H24ClN3O3S/c1-21(2)20(24)26-22(13-30(21,28)29)9-3-4-15-6-5-14(10-17(15)22)11-19(27)18-8-7-16(23)12-25-18/h5-8,10,12H,3-4,9,11,13H2,1-2H3,(H2,24,26)/t22-/m0/s1. The van der Waals surface area contributed by atoms with E-state index in [4.69, 9.17) is 22.3 Å². The number of fused-ring (bicyclic) bond motifs is 2. The van der Waals surface area contributed by atoms with Gasteiger partial charge >= 0.3 is 0 Å². The number of benzene rings is 1. The number of sulfone groups is 1. The molecule has 158 valence electrons. The summed E-state index contributed by atoms with van der Waals surface area (Å²) in [7, 11) is -3.49. The van der Waals surface area contributed by atoms with Crippen LogP contribution in [0.4, 0.5) is 0 Å². The molecule has 1 aliphatic heterocycles. The van der Waals surface area contributed by atoms with Crippen LogP contribution in [0.3, 0.4) is 0 Å². The number of Topliss-reactive ketones (excluding diaryl/α,β-unsaturated/α-hetero) is 1. The fourth-order valence-corrected chi connectivity index (χ4v) is 6.06. The van der Waals surface area contributed by atoms with Gasteiger partial charge in [0, 0.05) is 12.6 Å². The molecule has 1 atom stereocenters. The van der Waals surface area contributed by atoms with Crippen molar-refractivity contribution in [2.45, 2.75) is 49.8 Å². The molecule has 2 aromatic rings. The quantitative estimate of drug-likeness (QED) is 0.730. The van der Waals surface area contributed by atoms with E-state index in [1.54, 1.807) is 26.0 Å². The van der Waals surface area contributed by atoms with Gasteiger partial charge in [-0.3, -0.25) is 14.8 Å². The Labute approximate surface area is 181 Å². The van der Waals surface area contributed by atoms with Crippen molar-refractivity contribution in [1.82, 2.24) is 4.98 Å². The Kier molecular flexibility index (Phi) is 5.02. The molecule has 1 aromatic heterocycles. The van der Waals surface area contributed by atoms with E-state index >= 15 is 0 Å². The van der Waals surface area contributed by atoms with E-state index < -0.39 is 20.1 Å². The predicted octanol–water partition coefficient (Wildman–Crippen LogP) is 3.26. The van der Waals surface area contributed by atoms with Crippen molar-refractivity contribution in [3.05, 3.63) is 63.9 Å². The van der Waals surface area contributed by atoms with Gasteiger partial charge in [0.2, 0.25) is 0 Å². The molecule has 0 fully saturated rings.